The Kier molecular flexibility index (Phi) is 6.43. The Morgan fingerprint density at radius 2 is 1.52 bits per heavy atom. The standard InChI is InChI=1S/C24H22N2O4S/c1-29-20-11-5-2-8-17(20)25-23(27)16-30-24(28)14-15-26-18-9-3-6-12-21(18)31-22-13-7-4-10-19(22)26/h2-13H,14-16H2,1H3,(H,25,27). The minimum atomic E-state index is -0.427. The smallest absolute Gasteiger partial charge is 0.308 e. The first-order valence-electron chi connectivity index (χ1n) is 9.87. The van der Waals surface area contributed by atoms with Gasteiger partial charge < -0.3 is 19.7 Å². The van der Waals surface area contributed by atoms with Crippen LogP contribution in [-0.4, -0.2) is 32.1 Å². The molecule has 4 rings (SSSR count). The molecule has 31 heavy (non-hydrogen) atoms. The number of nitrogens with zero attached hydrogens (tertiary/aromatic N) is 1. The van der Waals surface area contributed by atoms with Gasteiger partial charge in [0, 0.05) is 16.3 Å². The van der Waals surface area contributed by atoms with E-state index in [1.807, 2.05) is 42.5 Å². The Hall–Kier alpha value is -3.45. The summed E-state index contributed by atoms with van der Waals surface area (Å²) in [5, 5.41) is 2.69. The number of amides is 1. The molecule has 0 spiro atoms. The van der Waals surface area contributed by atoms with E-state index < -0.39 is 11.9 Å². The predicted molar refractivity (Wildman–Crippen MR) is 121 cm³/mol. The number of rotatable bonds is 7. The average Bonchev–Trinajstić information content (AvgIpc) is 2.80. The second-order valence-electron chi connectivity index (χ2n) is 6.85. The summed E-state index contributed by atoms with van der Waals surface area (Å²) >= 11 is 1.72. The molecule has 1 aliphatic heterocycles. The lowest BCUT2D eigenvalue weighted by molar-refractivity contribution is -0.147. The van der Waals surface area contributed by atoms with Crippen LogP contribution in [0.1, 0.15) is 6.42 Å². The molecule has 0 radical (unpaired) electrons. The zero-order valence-corrected chi connectivity index (χ0v) is 17.9. The number of anilines is 3. The molecular weight excluding hydrogens is 412 g/mol. The van der Waals surface area contributed by atoms with Crippen LogP contribution >= 0.6 is 11.8 Å². The van der Waals surface area contributed by atoms with Crippen LogP contribution in [0, 0.1) is 0 Å². The molecule has 0 saturated heterocycles. The summed E-state index contributed by atoms with van der Waals surface area (Å²) in [4.78, 5) is 28.9. The summed E-state index contributed by atoms with van der Waals surface area (Å²) in [5.41, 5.74) is 2.66. The number of ether oxygens (including phenoxy) is 2. The first kappa shape index (κ1) is 20.8. The number of para-hydroxylation sites is 4. The molecule has 3 aromatic carbocycles. The first-order valence-corrected chi connectivity index (χ1v) is 10.7. The molecule has 3 aromatic rings. The van der Waals surface area contributed by atoms with E-state index in [0.29, 0.717) is 18.0 Å². The van der Waals surface area contributed by atoms with Crippen LogP contribution in [0.4, 0.5) is 17.1 Å². The fourth-order valence-electron chi connectivity index (χ4n) is 3.38. The first-order chi connectivity index (χ1) is 15.2. The molecule has 1 amide bonds. The fourth-order valence-corrected chi connectivity index (χ4v) is 4.47. The van der Waals surface area contributed by atoms with Crippen molar-refractivity contribution in [3.8, 4) is 5.75 Å². The van der Waals surface area contributed by atoms with Crippen LogP contribution in [0.15, 0.2) is 82.6 Å². The van der Waals surface area contributed by atoms with E-state index in [1.165, 1.54) is 7.11 Å². The highest BCUT2D eigenvalue weighted by molar-refractivity contribution is 7.99. The molecule has 0 fully saturated rings. The molecule has 1 aliphatic rings. The topological polar surface area (TPSA) is 67.9 Å². The van der Waals surface area contributed by atoms with E-state index in [9.17, 15) is 9.59 Å². The Morgan fingerprint density at radius 3 is 2.19 bits per heavy atom. The minimum absolute atomic E-state index is 0.162. The van der Waals surface area contributed by atoms with Gasteiger partial charge in [0.25, 0.3) is 5.91 Å². The van der Waals surface area contributed by atoms with Crippen molar-refractivity contribution in [2.75, 3.05) is 30.5 Å². The summed E-state index contributed by atoms with van der Waals surface area (Å²) in [6.07, 6.45) is 0.162. The molecule has 6 nitrogen and oxygen atoms in total. The summed E-state index contributed by atoms with van der Waals surface area (Å²) in [5.74, 6) is -0.297. The van der Waals surface area contributed by atoms with E-state index in [4.69, 9.17) is 9.47 Å². The van der Waals surface area contributed by atoms with Crippen molar-refractivity contribution < 1.29 is 19.1 Å². The predicted octanol–water partition coefficient (Wildman–Crippen LogP) is 4.87. The maximum Gasteiger partial charge on any atom is 0.308 e. The molecule has 0 atom stereocenters. The third-order valence-electron chi connectivity index (χ3n) is 4.82. The maximum atomic E-state index is 12.3. The van der Waals surface area contributed by atoms with Crippen LogP contribution < -0.4 is 15.0 Å². The minimum Gasteiger partial charge on any atom is -0.495 e. The van der Waals surface area contributed by atoms with Crippen molar-refractivity contribution in [2.24, 2.45) is 0 Å². The van der Waals surface area contributed by atoms with Crippen LogP contribution in [-0.2, 0) is 14.3 Å². The molecule has 1 heterocycles. The number of hydrogen-bond donors (Lipinski definition) is 1. The molecule has 1 N–H and O–H groups in total. The van der Waals surface area contributed by atoms with Crippen molar-refractivity contribution in [3.63, 3.8) is 0 Å². The fraction of sp³-hybridized carbons (Fsp3) is 0.167. The second kappa shape index (κ2) is 9.57. The lowest BCUT2D eigenvalue weighted by Gasteiger charge is -2.32. The Bertz CT molecular complexity index is 1060. The van der Waals surface area contributed by atoms with Gasteiger partial charge >= 0.3 is 5.97 Å². The van der Waals surface area contributed by atoms with Crippen LogP contribution in [0.25, 0.3) is 0 Å². The maximum absolute atomic E-state index is 12.3. The van der Waals surface area contributed by atoms with E-state index in [-0.39, 0.29) is 13.0 Å². The molecule has 0 aromatic heterocycles. The molecular formula is C24H22N2O4S. The Labute approximate surface area is 185 Å². The lowest BCUT2D eigenvalue weighted by atomic mass is 10.2. The molecule has 158 valence electrons. The van der Waals surface area contributed by atoms with Gasteiger partial charge in [0.2, 0.25) is 0 Å². The monoisotopic (exact) mass is 434 g/mol. The van der Waals surface area contributed by atoms with Gasteiger partial charge in [0.05, 0.1) is 30.6 Å². The Balaban J connectivity index is 1.35. The number of esters is 1. The van der Waals surface area contributed by atoms with Gasteiger partial charge in [-0.3, -0.25) is 9.59 Å². The van der Waals surface area contributed by atoms with Gasteiger partial charge in [0.1, 0.15) is 5.75 Å². The van der Waals surface area contributed by atoms with Gasteiger partial charge in [-0.25, -0.2) is 0 Å². The van der Waals surface area contributed by atoms with Crippen LogP contribution in [0.3, 0.4) is 0 Å². The van der Waals surface area contributed by atoms with Gasteiger partial charge in [-0.15, -0.1) is 0 Å². The van der Waals surface area contributed by atoms with E-state index in [0.717, 1.165) is 21.2 Å². The molecule has 0 aliphatic carbocycles. The highest BCUT2D eigenvalue weighted by atomic mass is 32.2. The number of benzene rings is 3. The van der Waals surface area contributed by atoms with Crippen molar-refractivity contribution in [3.05, 3.63) is 72.8 Å². The number of carbonyl (C=O) groups is 2. The quantitative estimate of drug-likeness (QED) is 0.535. The van der Waals surface area contributed by atoms with E-state index in [1.54, 1.807) is 30.0 Å². The average molecular weight is 435 g/mol. The number of hydrogen-bond acceptors (Lipinski definition) is 6. The van der Waals surface area contributed by atoms with Gasteiger partial charge in [-0.2, -0.15) is 0 Å². The van der Waals surface area contributed by atoms with E-state index in [2.05, 4.69) is 22.3 Å². The summed E-state index contributed by atoms with van der Waals surface area (Å²) in [6, 6.07) is 23.3. The largest absolute Gasteiger partial charge is 0.495 e. The molecule has 0 bridgehead atoms. The third kappa shape index (κ3) is 4.83. The zero-order chi connectivity index (χ0) is 21.6. The van der Waals surface area contributed by atoms with Crippen molar-refractivity contribution >= 4 is 40.7 Å². The van der Waals surface area contributed by atoms with Gasteiger partial charge in [-0.05, 0) is 36.4 Å². The number of nitrogens with one attached hydrogen (secondary N) is 1. The number of methoxy groups -OCH3 is 1. The number of carbonyl (C=O) groups excluding carboxylic acids is 2. The van der Waals surface area contributed by atoms with E-state index >= 15 is 0 Å². The highest BCUT2D eigenvalue weighted by Crippen LogP contribution is 2.47. The van der Waals surface area contributed by atoms with Gasteiger partial charge in [-0.1, -0.05) is 48.2 Å². The number of fused-ring (bicyclic) bond motifs is 2. The second-order valence-corrected chi connectivity index (χ2v) is 7.93. The molecule has 7 heteroatoms. The summed E-state index contributed by atoms with van der Waals surface area (Å²) < 4.78 is 10.4. The van der Waals surface area contributed by atoms with Crippen molar-refractivity contribution in [2.45, 2.75) is 16.2 Å². The highest BCUT2D eigenvalue weighted by Gasteiger charge is 2.23. The lowest BCUT2D eigenvalue weighted by Crippen LogP contribution is -2.26. The Morgan fingerprint density at radius 1 is 0.903 bits per heavy atom. The third-order valence-corrected chi connectivity index (χ3v) is 5.95. The normalized spacial score (nSPS) is 11.8. The van der Waals surface area contributed by atoms with Crippen LogP contribution in [0.2, 0.25) is 0 Å². The molecule has 0 saturated carbocycles. The SMILES string of the molecule is COc1ccccc1NC(=O)COC(=O)CCN1c2ccccc2Sc2ccccc21. The summed E-state index contributed by atoms with van der Waals surface area (Å²) in [7, 11) is 1.53. The summed E-state index contributed by atoms with van der Waals surface area (Å²) in [6.45, 7) is 0.113. The molecule has 0 unspecified atom stereocenters. The van der Waals surface area contributed by atoms with Crippen molar-refractivity contribution in [1.82, 2.24) is 0 Å². The van der Waals surface area contributed by atoms with Gasteiger partial charge in [0.15, 0.2) is 6.61 Å². The van der Waals surface area contributed by atoms with Crippen LogP contribution in [0.5, 0.6) is 5.75 Å². The zero-order valence-electron chi connectivity index (χ0n) is 17.0. The van der Waals surface area contributed by atoms with Crippen molar-refractivity contribution in [1.29, 1.82) is 0 Å².